The molecule has 0 aromatic heterocycles. The predicted octanol–water partition coefficient (Wildman–Crippen LogP) is 4.05. The van der Waals surface area contributed by atoms with Crippen LogP contribution in [0.3, 0.4) is 0 Å². The fourth-order valence-electron chi connectivity index (χ4n) is 3.16. The maximum atomic E-state index is 12.4. The highest BCUT2D eigenvalue weighted by Gasteiger charge is 2.22. The topological polar surface area (TPSA) is 131 Å². The van der Waals surface area contributed by atoms with Crippen LogP contribution in [0.4, 0.5) is 11.4 Å². The van der Waals surface area contributed by atoms with Crippen LogP contribution in [-0.4, -0.2) is 38.3 Å². The number of hydrogen-bond donors (Lipinski definition) is 1. The average Bonchev–Trinajstić information content (AvgIpc) is 2.82. The number of non-ortho nitro benzene ring substituents is 1. The van der Waals surface area contributed by atoms with Gasteiger partial charge in [-0.25, -0.2) is 13.8 Å². The Balaban J connectivity index is 1.55. The van der Waals surface area contributed by atoms with Gasteiger partial charge in [0, 0.05) is 17.2 Å². The van der Waals surface area contributed by atoms with Crippen molar-refractivity contribution in [1.29, 1.82) is 0 Å². The van der Waals surface area contributed by atoms with E-state index in [9.17, 15) is 23.3 Å². The van der Waals surface area contributed by atoms with Crippen LogP contribution in [0.5, 0.6) is 5.75 Å². The number of nitro benzene ring substituents is 1. The van der Waals surface area contributed by atoms with Gasteiger partial charge < -0.3 is 4.74 Å². The van der Waals surface area contributed by atoms with E-state index in [4.69, 9.17) is 16.3 Å². The van der Waals surface area contributed by atoms with E-state index in [2.05, 4.69) is 10.5 Å². The summed E-state index contributed by atoms with van der Waals surface area (Å²) in [5.41, 5.74) is 4.76. The third-order valence-electron chi connectivity index (χ3n) is 4.95. The van der Waals surface area contributed by atoms with Crippen LogP contribution in [0, 0.1) is 17.0 Å². The van der Waals surface area contributed by atoms with Gasteiger partial charge in [0.1, 0.15) is 18.9 Å². The van der Waals surface area contributed by atoms with Crippen LogP contribution >= 0.6 is 11.6 Å². The Labute approximate surface area is 213 Å². The first-order chi connectivity index (χ1) is 17.0. The second kappa shape index (κ2) is 11.6. The summed E-state index contributed by atoms with van der Waals surface area (Å²) in [7, 11) is -3.73. The molecule has 0 aliphatic heterocycles. The van der Waals surface area contributed by atoms with E-state index in [0.717, 1.165) is 16.1 Å². The largest absolute Gasteiger partial charge is 0.489 e. The molecule has 1 amide bonds. The third kappa shape index (κ3) is 7.52. The summed E-state index contributed by atoms with van der Waals surface area (Å²) in [5, 5.41) is 15.1. The molecule has 36 heavy (non-hydrogen) atoms. The Morgan fingerprint density at radius 3 is 2.39 bits per heavy atom. The maximum Gasteiger partial charge on any atom is 0.269 e. The highest BCUT2D eigenvalue weighted by Crippen LogP contribution is 2.25. The van der Waals surface area contributed by atoms with Gasteiger partial charge in [-0.3, -0.25) is 19.2 Å². The average molecular weight is 531 g/mol. The lowest BCUT2D eigenvalue weighted by Crippen LogP contribution is -2.39. The Morgan fingerprint density at radius 1 is 1.14 bits per heavy atom. The number of amides is 1. The van der Waals surface area contributed by atoms with Gasteiger partial charge in [-0.1, -0.05) is 11.6 Å². The molecule has 3 aromatic rings. The molecule has 3 aromatic carbocycles. The molecule has 188 valence electrons. The van der Waals surface area contributed by atoms with E-state index in [1.165, 1.54) is 18.3 Å². The van der Waals surface area contributed by atoms with Gasteiger partial charge in [-0.15, -0.1) is 0 Å². The molecule has 3 rings (SSSR count). The number of nitro groups is 1. The predicted molar refractivity (Wildman–Crippen MR) is 138 cm³/mol. The molecule has 1 N–H and O–H groups in total. The third-order valence-corrected chi connectivity index (χ3v) is 6.31. The van der Waals surface area contributed by atoms with Gasteiger partial charge in [0.2, 0.25) is 10.0 Å². The first-order valence-electron chi connectivity index (χ1n) is 10.5. The zero-order valence-electron chi connectivity index (χ0n) is 19.4. The summed E-state index contributed by atoms with van der Waals surface area (Å²) in [4.78, 5) is 22.6. The number of rotatable bonds is 10. The Kier molecular flexibility index (Phi) is 8.62. The molecule has 10 nitrogen and oxygen atoms in total. The number of ether oxygens (including phenoxy) is 1. The number of nitrogens with one attached hydrogen (secondary N) is 1. The molecule has 0 aliphatic carbocycles. The molecular formula is C24H23ClN4O6S. The van der Waals surface area contributed by atoms with Crippen molar-refractivity contribution in [3.8, 4) is 5.75 Å². The summed E-state index contributed by atoms with van der Waals surface area (Å²) in [6.07, 6.45) is 2.43. The Bertz CT molecular complexity index is 1380. The lowest BCUT2D eigenvalue weighted by atomic mass is 10.2. The van der Waals surface area contributed by atoms with Crippen molar-refractivity contribution >= 4 is 45.1 Å². The lowest BCUT2D eigenvalue weighted by Gasteiger charge is -2.23. The van der Waals surface area contributed by atoms with E-state index in [1.54, 1.807) is 61.5 Å². The van der Waals surface area contributed by atoms with Crippen molar-refractivity contribution in [3.63, 3.8) is 0 Å². The fourth-order valence-corrected chi connectivity index (χ4v) is 4.30. The van der Waals surface area contributed by atoms with Crippen LogP contribution in [0.25, 0.3) is 0 Å². The molecule has 0 atom stereocenters. The molecule has 0 spiro atoms. The van der Waals surface area contributed by atoms with E-state index in [-0.39, 0.29) is 12.3 Å². The molecule has 12 heteroatoms. The number of benzene rings is 3. The Hall–Kier alpha value is -3.96. The number of anilines is 1. The number of carbonyl (C=O) groups excluding carboxylic acids is 1. The summed E-state index contributed by atoms with van der Waals surface area (Å²) >= 11 is 5.94. The summed E-state index contributed by atoms with van der Waals surface area (Å²) in [5.74, 6) is -0.0363. The minimum atomic E-state index is -3.73. The monoisotopic (exact) mass is 530 g/mol. The zero-order valence-corrected chi connectivity index (χ0v) is 21.0. The highest BCUT2D eigenvalue weighted by atomic mass is 35.5. The number of nitrogens with zero attached hydrogens (tertiary/aromatic N) is 3. The maximum absolute atomic E-state index is 12.4. The van der Waals surface area contributed by atoms with Crippen LogP contribution in [0.2, 0.25) is 5.02 Å². The number of carbonyl (C=O) groups is 1. The molecule has 0 unspecified atom stereocenters. The van der Waals surface area contributed by atoms with Gasteiger partial charge in [0.15, 0.2) is 0 Å². The second-order valence-corrected chi connectivity index (χ2v) is 10.1. The Morgan fingerprint density at radius 2 is 1.81 bits per heavy atom. The van der Waals surface area contributed by atoms with Crippen LogP contribution in [0.1, 0.15) is 16.7 Å². The van der Waals surface area contributed by atoms with Crippen molar-refractivity contribution < 1.29 is 22.9 Å². The second-order valence-electron chi connectivity index (χ2n) is 7.77. The molecule has 0 bridgehead atoms. The van der Waals surface area contributed by atoms with E-state index < -0.39 is 27.4 Å². The van der Waals surface area contributed by atoms with Crippen molar-refractivity contribution in [2.45, 2.75) is 13.5 Å². The number of sulfonamides is 1. The lowest BCUT2D eigenvalue weighted by molar-refractivity contribution is -0.384. The number of hydrazone groups is 1. The first kappa shape index (κ1) is 26.6. The fraction of sp³-hybridized carbons (Fsp3) is 0.167. The minimum Gasteiger partial charge on any atom is -0.489 e. The van der Waals surface area contributed by atoms with Gasteiger partial charge in [0.05, 0.1) is 23.1 Å². The van der Waals surface area contributed by atoms with Crippen molar-refractivity contribution in [2.24, 2.45) is 5.10 Å². The van der Waals surface area contributed by atoms with Gasteiger partial charge in [-0.2, -0.15) is 5.10 Å². The van der Waals surface area contributed by atoms with E-state index in [1.807, 2.05) is 0 Å². The molecule has 0 saturated carbocycles. The first-order valence-corrected chi connectivity index (χ1v) is 12.8. The van der Waals surface area contributed by atoms with Gasteiger partial charge in [0.25, 0.3) is 11.6 Å². The molecule has 0 fully saturated rings. The summed E-state index contributed by atoms with van der Waals surface area (Å²) in [6.45, 7) is 1.49. The standard InChI is InChI=1S/C24H23ClN4O6S/c1-17-13-20(25)7-12-23(17)28(36(2,33)34)15-24(30)27-26-14-18-5-10-22(11-6-18)35-16-19-3-8-21(9-4-19)29(31)32/h3-14H,15-16H2,1-2H3,(H,27,30)/b26-14-. The minimum absolute atomic E-state index is 0.0126. The molecule has 0 radical (unpaired) electrons. The van der Waals surface area contributed by atoms with Crippen LogP contribution in [0.15, 0.2) is 71.8 Å². The normalized spacial score (nSPS) is 11.3. The quantitative estimate of drug-likeness (QED) is 0.239. The highest BCUT2D eigenvalue weighted by molar-refractivity contribution is 7.92. The van der Waals surface area contributed by atoms with Crippen LogP contribution < -0.4 is 14.5 Å². The van der Waals surface area contributed by atoms with Crippen LogP contribution in [-0.2, 0) is 21.4 Å². The summed E-state index contributed by atoms with van der Waals surface area (Å²) in [6, 6.07) is 17.7. The van der Waals surface area contributed by atoms with E-state index in [0.29, 0.717) is 27.6 Å². The van der Waals surface area contributed by atoms with Gasteiger partial charge in [-0.05, 0) is 78.2 Å². The molecule has 0 heterocycles. The number of aryl methyl sites for hydroxylation is 1. The van der Waals surface area contributed by atoms with Crippen molar-refractivity contribution in [2.75, 3.05) is 17.1 Å². The zero-order chi connectivity index (χ0) is 26.3. The van der Waals surface area contributed by atoms with Gasteiger partial charge >= 0.3 is 0 Å². The summed E-state index contributed by atoms with van der Waals surface area (Å²) < 4.78 is 31.2. The molecular weight excluding hydrogens is 508 g/mol. The number of hydrogen-bond acceptors (Lipinski definition) is 7. The van der Waals surface area contributed by atoms with Crippen molar-refractivity contribution in [1.82, 2.24) is 5.43 Å². The van der Waals surface area contributed by atoms with Crippen molar-refractivity contribution in [3.05, 3.63) is 98.6 Å². The molecule has 0 aliphatic rings. The SMILES string of the molecule is Cc1cc(Cl)ccc1N(CC(=O)N/N=C\c1ccc(OCc2ccc([N+](=O)[O-])cc2)cc1)S(C)(=O)=O. The smallest absolute Gasteiger partial charge is 0.269 e. The number of halogens is 1. The van der Waals surface area contributed by atoms with E-state index >= 15 is 0 Å². The molecule has 0 saturated heterocycles.